The Morgan fingerprint density at radius 2 is 2.11 bits per heavy atom. The van der Waals surface area contributed by atoms with Crippen molar-refractivity contribution in [2.24, 2.45) is 0 Å². The van der Waals surface area contributed by atoms with Gasteiger partial charge in [-0.1, -0.05) is 0 Å². The minimum absolute atomic E-state index is 0.0104. The molecule has 0 aliphatic heterocycles. The van der Waals surface area contributed by atoms with Crippen LogP contribution in [0.4, 0.5) is 0 Å². The first-order valence-corrected chi connectivity index (χ1v) is 5.23. The van der Waals surface area contributed by atoms with Crippen LogP contribution < -0.4 is 0 Å². The second-order valence-electron chi connectivity index (χ2n) is 3.67. The van der Waals surface area contributed by atoms with Crippen LogP contribution in [0.2, 0.25) is 0 Å². The van der Waals surface area contributed by atoms with Gasteiger partial charge in [-0.2, -0.15) is 0 Å². The lowest BCUT2D eigenvalue weighted by Gasteiger charge is -1.98. The number of hydrogen-bond acceptors (Lipinski definition) is 4. The summed E-state index contributed by atoms with van der Waals surface area (Å²) in [7, 11) is 0. The van der Waals surface area contributed by atoms with E-state index in [0.29, 0.717) is 11.3 Å². The second-order valence-corrected chi connectivity index (χ2v) is 3.67. The normalized spacial score (nSPS) is 10.7. The zero-order chi connectivity index (χ0) is 12.5. The van der Waals surface area contributed by atoms with E-state index in [-0.39, 0.29) is 5.69 Å². The maximum atomic E-state index is 11.1. The molecule has 18 heavy (non-hydrogen) atoms. The van der Waals surface area contributed by atoms with E-state index in [1.165, 1.54) is 12.5 Å². The van der Waals surface area contributed by atoms with Crippen LogP contribution in [0, 0.1) is 0 Å². The summed E-state index contributed by atoms with van der Waals surface area (Å²) in [5.41, 5.74) is 1.26. The molecule has 88 valence electrons. The van der Waals surface area contributed by atoms with Gasteiger partial charge >= 0.3 is 5.97 Å². The molecule has 0 saturated carbocycles. The minimum Gasteiger partial charge on any atom is -0.476 e. The van der Waals surface area contributed by atoms with Crippen molar-refractivity contribution in [1.29, 1.82) is 0 Å². The first-order chi connectivity index (χ1) is 8.77. The van der Waals surface area contributed by atoms with Crippen LogP contribution in [0.15, 0.2) is 43.1 Å². The molecule has 1 N–H and O–H groups in total. The quantitative estimate of drug-likeness (QED) is 0.734. The third-order valence-electron chi connectivity index (χ3n) is 2.57. The summed E-state index contributed by atoms with van der Waals surface area (Å²) in [6, 6.07) is 5.21. The highest BCUT2D eigenvalue weighted by Gasteiger charge is 2.17. The average molecular weight is 240 g/mol. The van der Waals surface area contributed by atoms with Gasteiger partial charge in [0.05, 0.1) is 5.52 Å². The minimum atomic E-state index is -1.06. The fraction of sp³-hybridized carbons (Fsp3) is 0. The summed E-state index contributed by atoms with van der Waals surface area (Å²) >= 11 is 0. The van der Waals surface area contributed by atoms with Crippen LogP contribution in [0.1, 0.15) is 10.5 Å². The molecule has 3 aromatic heterocycles. The van der Waals surface area contributed by atoms with Gasteiger partial charge in [-0.3, -0.25) is 9.38 Å². The Morgan fingerprint density at radius 1 is 1.22 bits per heavy atom. The monoisotopic (exact) mass is 240 g/mol. The molecule has 3 heterocycles. The van der Waals surface area contributed by atoms with Gasteiger partial charge in [0, 0.05) is 24.2 Å². The van der Waals surface area contributed by atoms with Crippen LogP contribution in [0.5, 0.6) is 0 Å². The van der Waals surface area contributed by atoms with Crippen molar-refractivity contribution in [3.8, 4) is 11.4 Å². The first kappa shape index (κ1) is 10.4. The maximum Gasteiger partial charge on any atom is 0.356 e. The van der Waals surface area contributed by atoms with Crippen LogP contribution in [0.25, 0.3) is 16.9 Å². The highest BCUT2D eigenvalue weighted by molar-refractivity contribution is 5.94. The molecular formula is C12H8N4O2. The van der Waals surface area contributed by atoms with Crippen molar-refractivity contribution < 1.29 is 9.90 Å². The lowest BCUT2D eigenvalue weighted by Crippen LogP contribution is -1.97. The Bertz CT molecular complexity index is 721. The second kappa shape index (κ2) is 3.92. The molecular weight excluding hydrogens is 232 g/mol. The number of carboxylic acid groups (broad SMARTS) is 1. The molecule has 0 amide bonds. The zero-order valence-electron chi connectivity index (χ0n) is 9.19. The van der Waals surface area contributed by atoms with Crippen molar-refractivity contribution in [3.05, 3.63) is 48.8 Å². The summed E-state index contributed by atoms with van der Waals surface area (Å²) in [5.74, 6) is -0.544. The number of imidazole rings is 1. The van der Waals surface area contributed by atoms with E-state index in [9.17, 15) is 4.79 Å². The number of hydrogen-bond donors (Lipinski definition) is 1. The fourth-order valence-electron chi connectivity index (χ4n) is 1.80. The van der Waals surface area contributed by atoms with E-state index in [1.807, 2.05) is 6.07 Å². The summed E-state index contributed by atoms with van der Waals surface area (Å²) in [4.78, 5) is 23.3. The molecule has 0 aliphatic rings. The Labute approximate surface area is 102 Å². The van der Waals surface area contributed by atoms with E-state index < -0.39 is 5.97 Å². The number of fused-ring (bicyclic) bond motifs is 1. The number of carboxylic acids is 1. The molecule has 0 radical (unpaired) electrons. The van der Waals surface area contributed by atoms with Crippen molar-refractivity contribution in [1.82, 2.24) is 19.4 Å². The van der Waals surface area contributed by atoms with E-state index in [2.05, 4.69) is 15.0 Å². The molecule has 0 unspecified atom stereocenters. The number of rotatable bonds is 2. The summed E-state index contributed by atoms with van der Waals surface area (Å²) in [6.45, 7) is 0. The smallest absolute Gasteiger partial charge is 0.356 e. The third kappa shape index (κ3) is 1.51. The molecule has 0 bridgehead atoms. The molecule has 3 rings (SSSR count). The molecule has 6 heteroatoms. The molecule has 0 atom stereocenters. The molecule has 0 spiro atoms. The van der Waals surface area contributed by atoms with E-state index in [1.54, 1.807) is 28.9 Å². The van der Waals surface area contributed by atoms with Gasteiger partial charge in [-0.25, -0.2) is 14.8 Å². The largest absolute Gasteiger partial charge is 0.476 e. The Hall–Kier alpha value is -2.76. The lowest BCUT2D eigenvalue weighted by atomic mass is 10.3. The predicted molar refractivity (Wildman–Crippen MR) is 63.2 cm³/mol. The predicted octanol–water partition coefficient (Wildman–Crippen LogP) is 1.49. The van der Waals surface area contributed by atoms with Gasteiger partial charge in [-0.05, 0) is 18.2 Å². The number of aromatic carboxylic acids is 1. The van der Waals surface area contributed by atoms with E-state index >= 15 is 0 Å². The van der Waals surface area contributed by atoms with Gasteiger partial charge in [-0.15, -0.1) is 0 Å². The van der Waals surface area contributed by atoms with Gasteiger partial charge in [0.25, 0.3) is 0 Å². The van der Waals surface area contributed by atoms with Crippen molar-refractivity contribution in [3.63, 3.8) is 0 Å². The summed E-state index contributed by atoms with van der Waals surface area (Å²) in [6.07, 6.45) is 6.36. The fourth-order valence-corrected chi connectivity index (χ4v) is 1.80. The Kier molecular flexibility index (Phi) is 2.26. The first-order valence-electron chi connectivity index (χ1n) is 5.23. The molecule has 3 aromatic rings. The summed E-state index contributed by atoms with van der Waals surface area (Å²) in [5, 5.41) is 9.13. The molecule has 0 aliphatic carbocycles. The van der Waals surface area contributed by atoms with Crippen LogP contribution in [-0.2, 0) is 0 Å². The van der Waals surface area contributed by atoms with Crippen LogP contribution in [0.3, 0.4) is 0 Å². The van der Waals surface area contributed by atoms with Crippen molar-refractivity contribution in [2.45, 2.75) is 0 Å². The van der Waals surface area contributed by atoms with E-state index in [0.717, 1.165) is 5.56 Å². The molecule has 6 nitrogen and oxygen atoms in total. The zero-order valence-corrected chi connectivity index (χ0v) is 9.19. The third-order valence-corrected chi connectivity index (χ3v) is 2.57. The van der Waals surface area contributed by atoms with Gasteiger partial charge in [0.15, 0.2) is 5.69 Å². The number of nitrogens with zero attached hydrogens (tertiary/aromatic N) is 4. The Balaban J connectivity index is 2.34. The maximum absolute atomic E-state index is 11.1. The highest BCUT2D eigenvalue weighted by Crippen LogP contribution is 2.21. The lowest BCUT2D eigenvalue weighted by molar-refractivity contribution is 0.0693. The standard InChI is InChI=1S/C12H8N4O2/c17-12(18)10-9-3-5-14-7-16(9)11(15-10)8-2-1-4-13-6-8/h1-7H,(H,17,18). The van der Waals surface area contributed by atoms with Gasteiger partial charge < -0.3 is 5.11 Å². The molecule has 0 saturated heterocycles. The van der Waals surface area contributed by atoms with Gasteiger partial charge in [0.1, 0.15) is 12.2 Å². The van der Waals surface area contributed by atoms with Crippen LogP contribution >= 0.6 is 0 Å². The molecule has 0 aromatic carbocycles. The number of pyridine rings is 1. The van der Waals surface area contributed by atoms with E-state index in [4.69, 9.17) is 5.11 Å². The Morgan fingerprint density at radius 3 is 2.83 bits per heavy atom. The summed E-state index contributed by atoms with van der Waals surface area (Å²) < 4.78 is 1.64. The average Bonchev–Trinajstić information content (AvgIpc) is 2.79. The van der Waals surface area contributed by atoms with Crippen LogP contribution in [-0.4, -0.2) is 30.4 Å². The number of aromatic nitrogens is 4. The van der Waals surface area contributed by atoms with Crippen molar-refractivity contribution in [2.75, 3.05) is 0 Å². The SMILES string of the molecule is O=C(O)c1nc(-c2cccnc2)n2cnccc12. The molecule has 0 fully saturated rings. The number of carbonyl (C=O) groups is 1. The van der Waals surface area contributed by atoms with Gasteiger partial charge in [0.2, 0.25) is 0 Å². The highest BCUT2D eigenvalue weighted by atomic mass is 16.4. The topological polar surface area (TPSA) is 80.4 Å². The van der Waals surface area contributed by atoms with Crippen molar-refractivity contribution >= 4 is 11.5 Å².